The molecule has 3 heterocycles. The van der Waals surface area contributed by atoms with Crippen molar-refractivity contribution in [3.8, 4) is 6.07 Å². The molecule has 0 radical (unpaired) electrons. The lowest BCUT2D eigenvalue weighted by molar-refractivity contribution is -0.136. The average molecular weight is 340 g/mol. The van der Waals surface area contributed by atoms with Crippen LogP contribution >= 0.6 is 0 Å². The normalized spacial score (nSPS) is 18.8. The first kappa shape index (κ1) is 17.4. The number of pyridine rings is 1. The Labute approximate surface area is 148 Å². The fourth-order valence-corrected chi connectivity index (χ4v) is 3.45. The molecule has 2 aliphatic rings. The predicted molar refractivity (Wildman–Crippen MR) is 94.9 cm³/mol. The van der Waals surface area contributed by atoms with Gasteiger partial charge < -0.3 is 15.0 Å². The molecule has 0 aliphatic carbocycles. The number of ether oxygens (including phenoxy) is 1. The van der Waals surface area contributed by atoms with Crippen LogP contribution in [0.1, 0.15) is 24.1 Å². The van der Waals surface area contributed by atoms with E-state index in [4.69, 9.17) is 4.74 Å². The van der Waals surface area contributed by atoms with Gasteiger partial charge in [-0.1, -0.05) is 12.2 Å². The standard InChI is InChI=1S/C19H24N4O2/c1-14-4-5-16(12-20)18(22-14)21-13-17(15-6-10-25-11-7-15)19(24)23-8-2-3-9-23/h2-5,15,17H,6-11,13H2,1H3,(H,21,22). The molecule has 1 fully saturated rings. The molecule has 1 aromatic rings. The van der Waals surface area contributed by atoms with E-state index in [0.29, 0.717) is 50.1 Å². The first-order chi connectivity index (χ1) is 12.2. The Morgan fingerprint density at radius 2 is 2.12 bits per heavy atom. The van der Waals surface area contributed by atoms with Gasteiger partial charge >= 0.3 is 0 Å². The Hall–Kier alpha value is -2.39. The molecule has 1 N–H and O–H groups in total. The zero-order valence-corrected chi connectivity index (χ0v) is 14.6. The minimum atomic E-state index is -0.127. The molecule has 0 bridgehead atoms. The van der Waals surface area contributed by atoms with Crippen molar-refractivity contribution in [1.29, 1.82) is 5.26 Å². The van der Waals surface area contributed by atoms with Gasteiger partial charge in [-0.05, 0) is 37.8 Å². The lowest BCUT2D eigenvalue weighted by atomic mass is 9.84. The number of hydrogen-bond donors (Lipinski definition) is 1. The number of amides is 1. The molecule has 0 saturated carbocycles. The Morgan fingerprint density at radius 3 is 2.80 bits per heavy atom. The minimum Gasteiger partial charge on any atom is -0.381 e. The molecule has 1 aromatic heterocycles. The molecule has 3 rings (SSSR count). The second-order valence-corrected chi connectivity index (χ2v) is 6.61. The number of anilines is 1. The summed E-state index contributed by atoms with van der Waals surface area (Å²) >= 11 is 0. The van der Waals surface area contributed by atoms with Crippen molar-refractivity contribution in [3.63, 3.8) is 0 Å². The summed E-state index contributed by atoms with van der Waals surface area (Å²) in [6.07, 6.45) is 5.85. The highest BCUT2D eigenvalue weighted by Crippen LogP contribution is 2.27. The van der Waals surface area contributed by atoms with Crippen LogP contribution in [0.2, 0.25) is 0 Å². The van der Waals surface area contributed by atoms with E-state index in [-0.39, 0.29) is 11.8 Å². The van der Waals surface area contributed by atoms with Crippen molar-refractivity contribution in [3.05, 3.63) is 35.5 Å². The molecular weight excluding hydrogens is 316 g/mol. The lowest BCUT2D eigenvalue weighted by Crippen LogP contribution is -2.42. The predicted octanol–water partition coefficient (Wildman–Crippen LogP) is 2.11. The first-order valence-electron chi connectivity index (χ1n) is 8.82. The number of nitrogens with one attached hydrogen (secondary N) is 1. The summed E-state index contributed by atoms with van der Waals surface area (Å²) in [6.45, 7) is 5.17. The number of aryl methyl sites for hydroxylation is 1. The summed E-state index contributed by atoms with van der Waals surface area (Å²) in [6, 6.07) is 5.74. The van der Waals surface area contributed by atoms with Crippen LogP contribution in [-0.4, -0.2) is 48.6 Å². The molecule has 6 heteroatoms. The topological polar surface area (TPSA) is 78.2 Å². The van der Waals surface area contributed by atoms with Gasteiger partial charge in [0.05, 0.1) is 11.5 Å². The highest BCUT2D eigenvalue weighted by Gasteiger charge is 2.33. The molecule has 1 unspecified atom stereocenters. The summed E-state index contributed by atoms with van der Waals surface area (Å²) < 4.78 is 5.46. The molecule has 0 aromatic carbocycles. The lowest BCUT2D eigenvalue weighted by Gasteiger charge is -2.32. The van der Waals surface area contributed by atoms with E-state index in [2.05, 4.69) is 16.4 Å². The summed E-state index contributed by atoms with van der Waals surface area (Å²) in [5.41, 5.74) is 1.35. The largest absolute Gasteiger partial charge is 0.381 e. The fraction of sp³-hybridized carbons (Fsp3) is 0.526. The molecule has 132 valence electrons. The summed E-state index contributed by atoms with van der Waals surface area (Å²) in [5, 5.41) is 12.5. The summed E-state index contributed by atoms with van der Waals surface area (Å²) in [4.78, 5) is 19.3. The molecule has 2 aliphatic heterocycles. The zero-order chi connectivity index (χ0) is 17.6. The fourth-order valence-electron chi connectivity index (χ4n) is 3.45. The number of nitrogens with zero attached hydrogens (tertiary/aromatic N) is 3. The van der Waals surface area contributed by atoms with Crippen LogP contribution in [0.4, 0.5) is 5.82 Å². The van der Waals surface area contributed by atoms with E-state index in [0.717, 1.165) is 18.5 Å². The maximum atomic E-state index is 13.0. The van der Waals surface area contributed by atoms with E-state index in [1.54, 1.807) is 6.07 Å². The third-order valence-corrected chi connectivity index (χ3v) is 4.93. The maximum Gasteiger partial charge on any atom is 0.228 e. The molecular formula is C19H24N4O2. The number of carbonyl (C=O) groups is 1. The van der Waals surface area contributed by atoms with Crippen LogP contribution in [0.3, 0.4) is 0 Å². The monoisotopic (exact) mass is 340 g/mol. The number of aromatic nitrogens is 1. The highest BCUT2D eigenvalue weighted by atomic mass is 16.5. The van der Waals surface area contributed by atoms with Gasteiger partial charge in [0.15, 0.2) is 0 Å². The third kappa shape index (κ3) is 4.18. The number of hydrogen-bond acceptors (Lipinski definition) is 5. The van der Waals surface area contributed by atoms with Crippen LogP contribution in [0, 0.1) is 30.1 Å². The van der Waals surface area contributed by atoms with Gasteiger partial charge in [0, 0.05) is 38.5 Å². The third-order valence-electron chi connectivity index (χ3n) is 4.93. The molecule has 1 amide bonds. The van der Waals surface area contributed by atoms with E-state index in [1.165, 1.54) is 0 Å². The van der Waals surface area contributed by atoms with Gasteiger partial charge in [-0.25, -0.2) is 4.98 Å². The Bertz CT molecular complexity index is 681. The van der Waals surface area contributed by atoms with Crippen molar-refractivity contribution < 1.29 is 9.53 Å². The maximum absolute atomic E-state index is 13.0. The Kier molecular flexibility index (Phi) is 5.67. The molecule has 0 spiro atoms. The van der Waals surface area contributed by atoms with E-state index in [9.17, 15) is 10.1 Å². The van der Waals surface area contributed by atoms with E-state index in [1.807, 2.05) is 30.0 Å². The van der Waals surface area contributed by atoms with Crippen LogP contribution in [-0.2, 0) is 9.53 Å². The smallest absolute Gasteiger partial charge is 0.228 e. The average Bonchev–Trinajstić information content (AvgIpc) is 3.17. The van der Waals surface area contributed by atoms with Gasteiger partial charge in [0.1, 0.15) is 11.9 Å². The molecule has 1 atom stereocenters. The summed E-state index contributed by atoms with van der Waals surface area (Å²) in [7, 11) is 0. The zero-order valence-electron chi connectivity index (χ0n) is 14.6. The van der Waals surface area contributed by atoms with Gasteiger partial charge in [-0.3, -0.25) is 4.79 Å². The van der Waals surface area contributed by atoms with Crippen LogP contribution < -0.4 is 5.32 Å². The van der Waals surface area contributed by atoms with Crippen LogP contribution in [0.5, 0.6) is 0 Å². The second kappa shape index (κ2) is 8.13. The minimum absolute atomic E-state index is 0.127. The van der Waals surface area contributed by atoms with Gasteiger partial charge in [-0.15, -0.1) is 0 Å². The summed E-state index contributed by atoms with van der Waals surface area (Å²) in [5.74, 6) is 0.907. The van der Waals surface area contributed by atoms with Crippen molar-refractivity contribution in [2.24, 2.45) is 11.8 Å². The van der Waals surface area contributed by atoms with Crippen molar-refractivity contribution in [2.45, 2.75) is 19.8 Å². The molecule has 6 nitrogen and oxygen atoms in total. The van der Waals surface area contributed by atoms with E-state index >= 15 is 0 Å². The van der Waals surface area contributed by atoms with Gasteiger partial charge in [-0.2, -0.15) is 5.26 Å². The number of rotatable bonds is 5. The number of carbonyl (C=O) groups excluding carboxylic acids is 1. The van der Waals surface area contributed by atoms with Crippen molar-refractivity contribution in [1.82, 2.24) is 9.88 Å². The quantitative estimate of drug-likeness (QED) is 0.831. The SMILES string of the molecule is Cc1ccc(C#N)c(NCC(C(=O)N2CC=CC2)C2CCOCC2)n1. The second-order valence-electron chi connectivity index (χ2n) is 6.61. The first-order valence-corrected chi connectivity index (χ1v) is 8.82. The van der Waals surface area contributed by atoms with Crippen molar-refractivity contribution >= 4 is 11.7 Å². The van der Waals surface area contributed by atoms with Gasteiger partial charge in [0.2, 0.25) is 5.91 Å². The van der Waals surface area contributed by atoms with Crippen LogP contribution in [0.25, 0.3) is 0 Å². The molecule has 1 saturated heterocycles. The van der Waals surface area contributed by atoms with Crippen LogP contribution in [0.15, 0.2) is 24.3 Å². The van der Waals surface area contributed by atoms with Crippen molar-refractivity contribution in [2.75, 3.05) is 38.2 Å². The van der Waals surface area contributed by atoms with Gasteiger partial charge in [0.25, 0.3) is 0 Å². The molecule has 25 heavy (non-hydrogen) atoms. The Morgan fingerprint density at radius 1 is 1.40 bits per heavy atom. The number of nitriles is 1. The highest BCUT2D eigenvalue weighted by molar-refractivity contribution is 5.80. The Balaban J connectivity index is 1.74. The van der Waals surface area contributed by atoms with E-state index < -0.39 is 0 Å².